The van der Waals surface area contributed by atoms with Crippen molar-refractivity contribution in [2.45, 2.75) is 24.2 Å². The van der Waals surface area contributed by atoms with Crippen molar-refractivity contribution in [3.8, 4) is 0 Å². The molecule has 0 N–H and O–H groups in total. The van der Waals surface area contributed by atoms with Gasteiger partial charge in [-0.15, -0.1) is 0 Å². The normalized spacial score (nSPS) is 14.2. The molecule has 0 unspecified atom stereocenters. The first-order valence-electron chi connectivity index (χ1n) is 16.1. The molecular formula is C42H32F6N2. The molecule has 0 saturated heterocycles. The van der Waals surface area contributed by atoms with Gasteiger partial charge in [0.15, 0.2) is 0 Å². The molecule has 8 heteroatoms. The molecule has 8 rings (SSSR count). The van der Waals surface area contributed by atoms with Gasteiger partial charge in [0.2, 0.25) is 0 Å². The predicted octanol–water partition coefficient (Wildman–Crippen LogP) is 11.9. The lowest BCUT2D eigenvalue weighted by Gasteiger charge is -2.35. The minimum Gasteiger partial charge on any atom is -0.344 e. The van der Waals surface area contributed by atoms with Gasteiger partial charge in [0.1, 0.15) is 0 Å². The maximum atomic E-state index is 12.9. The number of para-hydroxylation sites is 4. The van der Waals surface area contributed by atoms with E-state index in [9.17, 15) is 26.3 Å². The predicted molar refractivity (Wildman–Crippen MR) is 187 cm³/mol. The molecule has 2 heterocycles. The number of fused-ring (bicyclic) bond motifs is 4. The van der Waals surface area contributed by atoms with E-state index in [1.54, 1.807) is 24.3 Å². The summed E-state index contributed by atoms with van der Waals surface area (Å²) in [5.41, 5.74) is 9.19. The van der Waals surface area contributed by atoms with Gasteiger partial charge in [-0.1, -0.05) is 97.1 Å². The second-order valence-electron chi connectivity index (χ2n) is 12.5. The summed E-state index contributed by atoms with van der Waals surface area (Å²) >= 11 is 0. The summed E-state index contributed by atoms with van der Waals surface area (Å²) in [5, 5.41) is 0. The molecule has 0 saturated carbocycles. The molecule has 50 heavy (non-hydrogen) atoms. The molecule has 0 amide bonds. The smallest absolute Gasteiger partial charge is 0.344 e. The molecule has 2 aliphatic heterocycles. The Kier molecular flexibility index (Phi) is 8.42. The molecule has 0 aliphatic carbocycles. The van der Waals surface area contributed by atoms with Crippen LogP contribution in [-0.4, -0.2) is 14.1 Å². The Hall–Kier alpha value is -5.50. The zero-order chi connectivity index (χ0) is 35.2. The Morgan fingerprint density at radius 1 is 0.360 bits per heavy atom. The summed E-state index contributed by atoms with van der Waals surface area (Å²) in [6.07, 6.45) is -8.64. The number of alkyl halides is 6. The molecule has 0 fully saturated rings. The molecule has 0 atom stereocenters. The highest BCUT2D eigenvalue weighted by molar-refractivity contribution is 5.78. The summed E-state index contributed by atoms with van der Waals surface area (Å²) in [6.45, 7) is 0. The monoisotopic (exact) mass is 678 g/mol. The average Bonchev–Trinajstić information content (AvgIpc) is 3.12. The van der Waals surface area contributed by atoms with Crippen molar-refractivity contribution in [2.24, 2.45) is 0 Å². The zero-order valence-corrected chi connectivity index (χ0v) is 27.2. The third-order valence-electron chi connectivity index (χ3n) is 9.58. The first-order valence-corrected chi connectivity index (χ1v) is 16.1. The van der Waals surface area contributed by atoms with Gasteiger partial charge >= 0.3 is 12.4 Å². The lowest BCUT2D eigenvalue weighted by molar-refractivity contribution is -0.138. The molecular weight excluding hydrogens is 646 g/mol. The van der Waals surface area contributed by atoms with E-state index in [-0.39, 0.29) is 11.8 Å². The maximum absolute atomic E-state index is 12.9. The fourth-order valence-electron chi connectivity index (χ4n) is 7.19. The molecule has 2 aliphatic rings. The van der Waals surface area contributed by atoms with Crippen molar-refractivity contribution < 1.29 is 26.3 Å². The number of hydrogen-bond acceptors (Lipinski definition) is 2. The summed E-state index contributed by atoms with van der Waals surface area (Å²) in [7, 11) is 4.03. The number of halogens is 6. The van der Waals surface area contributed by atoms with E-state index in [1.807, 2.05) is 111 Å². The Morgan fingerprint density at radius 2 is 0.600 bits per heavy atom. The SMILES string of the molecule is CN1c2ccccc2C(c2ccc(C(F)(F)F)cc2)c2ccccc21.CN1c2ccccc2C(c2ccc(C(F)(F)F)cc2)c2ccccc21. The molecule has 0 spiro atoms. The van der Waals surface area contributed by atoms with Crippen molar-refractivity contribution >= 4 is 22.7 Å². The van der Waals surface area contributed by atoms with E-state index in [4.69, 9.17) is 0 Å². The summed E-state index contributed by atoms with van der Waals surface area (Å²) in [5.74, 6) is -0.156. The number of benzene rings is 6. The van der Waals surface area contributed by atoms with Crippen LogP contribution >= 0.6 is 0 Å². The summed E-state index contributed by atoms with van der Waals surface area (Å²) < 4.78 is 77.3. The van der Waals surface area contributed by atoms with E-state index >= 15 is 0 Å². The van der Waals surface area contributed by atoms with Crippen LogP contribution < -0.4 is 9.80 Å². The molecule has 6 aromatic carbocycles. The van der Waals surface area contributed by atoms with Crippen LogP contribution in [0.5, 0.6) is 0 Å². The highest BCUT2D eigenvalue weighted by Gasteiger charge is 2.34. The third-order valence-corrected chi connectivity index (χ3v) is 9.58. The quantitative estimate of drug-likeness (QED) is 0.168. The number of rotatable bonds is 2. The van der Waals surface area contributed by atoms with Crippen LogP contribution in [0.1, 0.15) is 56.3 Å². The van der Waals surface area contributed by atoms with Crippen LogP contribution in [0, 0.1) is 0 Å². The van der Waals surface area contributed by atoms with Gasteiger partial charge < -0.3 is 9.80 Å². The number of hydrogen-bond donors (Lipinski definition) is 0. The molecule has 0 bridgehead atoms. The topological polar surface area (TPSA) is 6.48 Å². The summed E-state index contributed by atoms with van der Waals surface area (Å²) in [4.78, 5) is 4.26. The van der Waals surface area contributed by atoms with E-state index in [2.05, 4.69) is 9.80 Å². The van der Waals surface area contributed by atoms with Crippen LogP contribution in [0.15, 0.2) is 146 Å². The maximum Gasteiger partial charge on any atom is 0.416 e. The molecule has 2 nitrogen and oxygen atoms in total. The number of nitrogens with zero attached hydrogens (tertiary/aromatic N) is 2. The highest BCUT2D eigenvalue weighted by atomic mass is 19.4. The minimum atomic E-state index is -4.32. The largest absolute Gasteiger partial charge is 0.416 e. The third kappa shape index (κ3) is 5.99. The second-order valence-corrected chi connectivity index (χ2v) is 12.5. The van der Waals surface area contributed by atoms with Crippen molar-refractivity contribution in [1.29, 1.82) is 0 Å². The van der Waals surface area contributed by atoms with Gasteiger partial charge in [-0.05, 0) is 81.9 Å². The lowest BCUT2D eigenvalue weighted by atomic mass is 9.80. The van der Waals surface area contributed by atoms with Crippen molar-refractivity contribution in [2.75, 3.05) is 23.9 Å². The first kappa shape index (κ1) is 33.0. The van der Waals surface area contributed by atoms with Crippen molar-refractivity contribution in [3.63, 3.8) is 0 Å². The lowest BCUT2D eigenvalue weighted by Crippen LogP contribution is -2.22. The van der Waals surface area contributed by atoms with Gasteiger partial charge in [-0.2, -0.15) is 26.3 Å². The van der Waals surface area contributed by atoms with Crippen LogP contribution in [-0.2, 0) is 12.4 Å². The van der Waals surface area contributed by atoms with Gasteiger partial charge in [0, 0.05) is 48.7 Å². The highest BCUT2D eigenvalue weighted by Crippen LogP contribution is 2.49. The second kappa shape index (κ2) is 12.8. The van der Waals surface area contributed by atoms with Gasteiger partial charge in [-0.3, -0.25) is 0 Å². The number of anilines is 4. The Labute approximate surface area is 286 Å². The zero-order valence-electron chi connectivity index (χ0n) is 27.2. The van der Waals surface area contributed by atoms with Crippen LogP contribution in [0.3, 0.4) is 0 Å². The van der Waals surface area contributed by atoms with Crippen LogP contribution in [0.2, 0.25) is 0 Å². The fourth-order valence-corrected chi connectivity index (χ4v) is 7.19. The summed E-state index contributed by atoms with van der Waals surface area (Å²) in [6, 6.07) is 43.2. The van der Waals surface area contributed by atoms with Crippen LogP contribution in [0.4, 0.5) is 49.1 Å². The average molecular weight is 679 g/mol. The van der Waals surface area contributed by atoms with E-state index in [1.165, 1.54) is 24.3 Å². The van der Waals surface area contributed by atoms with Crippen LogP contribution in [0.25, 0.3) is 0 Å². The van der Waals surface area contributed by atoms with Gasteiger partial charge in [-0.25, -0.2) is 0 Å². The molecule has 0 aromatic heterocycles. The standard InChI is InChI=1S/2C21H16F3N/c2*1-25-18-8-4-2-6-16(18)20(17-7-3-5-9-19(17)25)14-10-12-15(13-11-14)21(22,23)24/h2*2-13,20H,1H3. The molecule has 252 valence electrons. The van der Waals surface area contributed by atoms with E-state index in [0.717, 1.165) is 56.1 Å². The van der Waals surface area contributed by atoms with Gasteiger partial charge in [0.05, 0.1) is 11.1 Å². The Balaban J connectivity index is 0.000000157. The minimum absolute atomic E-state index is 0.0779. The van der Waals surface area contributed by atoms with Crippen molar-refractivity contribution in [3.05, 3.63) is 190 Å². The van der Waals surface area contributed by atoms with Crippen molar-refractivity contribution in [1.82, 2.24) is 0 Å². The van der Waals surface area contributed by atoms with E-state index < -0.39 is 23.5 Å². The van der Waals surface area contributed by atoms with Gasteiger partial charge in [0.25, 0.3) is 0 Å². The first-order chi connectivity index (χ1) is 23.9. The Morgan fingerprint density at radius 3 is 0.840 bits per heavy atom. The molecule has 6 aromatic rings. The Bertz CT molecular complexity index is 1890. The molecule has 0 radical (unpaired) electrons. The fraction of sp³-hybridized carbons (Fsp3) is 0.143. The van der Waals surface area contributed by atoms with E-state index in [0.29, 0.717) is 0 Å².